The van der Waals surface area contributed by atoms with Crippen molar-refractivity contribution >= 4 is 41.3 Å². The van der Waals surface area contributed by atoms with Gasteiger partial charge in [0.05, 0.1) is 10.7 Å². The van der Waals surface area contributed by atoms with Gasteiger partial charge in [-0.15, -0.1) is 35.3 Å². The van der Waals surface area contributed by atoms with E-state index in [0.717, 1.165) is 50.9 Å². The van der Waals surface area contributed by atoms with Crippen molar-refractivity contribution in [2.75, 3.05) is 26.2 Å². The minimum absolute atomic E-state index is 0. The molecule has 1 aliphatic rings. The van der Waals surface area contributed by atoms with Gasteiger partial charge in [0.15, 0.2) is 5.96 Å². The molecule has 2 rings (SSSR count). The fraction of sp³-hybridized carbons (Fsp3) is 0.750. The third-order valence-corrected chi connectivity index (χ3v) is 4.86. The molecule has 0 radical (unpaired) electrons. The number of thiazole rings is 1. The molecule has 0 saturated carbocycles. The van der Waals surface area contributed by atoms with Crippen LogP contribution in [-0.4, -0.2) is 42.0 Å². The van der Waals surface area contributed by atoms with E-state index in [1.54, 1.807) is 11.3 Å². The first-order chi connectivity index (χ1) is 10.2. The molecule has 22 heavy (non-hydrogen) atoms. The number of nitrogens with zero attached hydrogens (tertiary/aromatic N) is 3. The second-order valence-electron chi connectivity index (χ2n) is 5.77. The molecule has 126 valence electrons. The smallest absolute Gasteiger partial charge is 0.193 e. The van der Waals surface area contributed by atoms with Crippen molar-refractivity contribution in [2.24, 2.45) is 10.9 Å². The lowest BCUT2D eigenvalue weighted by Gasteiger charge is -2.33. The first kappa shape index (κ1) is 19.7. The van der Waals surface area contributed by atoms with Gasteiger partial charge in [0.1, 0.15) is 0 Å². The number of guanidine groups is 1. The van der Waals surface area contributed by atoms with Gasteiger partial charge in [0.2, 0.25) is 0 Å². The summed E-state index contributed by atoms with van der Waals surface area (Å²) in [5.41, 5.74) is 1.18. The fourth-order valence-electron chi connectivity index (χ4n) is 2.71. The maximum atomic E-state index is 4.80. The number of piperidine rings is 1. The van der Waals surface area contributed by atoms with Gasteiger partial charge in [0.25, 0.3) is 0 Å². The van der Waals surface area contributed by atoms with Crippen LogP contribution in [0, 0.1) is 5.92 Å². The number of halogens is 1. The second-order valence-corrected chi connectivity index (χ2v) is 6.71. The minimum Gasteiger partial charge on any atom is -0.357 e. The summed E-state index contributed by atoms with van der Waals surface area (Å²) in [5.74, 6) is 1.85. The molecule has 0 aliphatic carbocycles. The van der Waals surface area contributed by atoms with Gasteiger partial charge in [-0.25, -0.2) is 4.98 Å². The number of aliphatic imine (C=N–C) groups is 1. The monoisotopic (exact) mass is 436 g/mol. The predicted molar refractivity (Wildman–Crippen MR) is 107 cm³/mol. The quantitative estimate of drug-likeness (QED) is 0.436. The molecule has 1 unspecified atom stereocenters. The zero-order valence-corrected chi connectivity index (χ0v) is 17.1. The summed E-state index contributed by atoms with van der Waals surface area (Å²) in [7, 11) is 0. The van der Waals surface area contributed by atoms with Gasteiger partial charge >= 0.3 is 0 Å². The Hall–Kier alpha value is -0.370. The summed E-state index contributed by atoms with van der Waals surface area (Å²) in [5, 5.41) is 6.83. The Labute approximate surface area is 155 Å². The summed E-state index contributed by atoms with van der Waals surface area (Å²) < 4.78 is 0. The number of hydrogen-bond donors (Lipinski definition) is 1. The van der Waals surface area contributed by atoms with Gasteiger partial charge in [0, 0.05) is 38.0 Å². The van der Waals surface area contributed by atoms with Crippen molar-refractivity contribution < 1.29 is 0 Å². The highest BCUT2D eigenvalue weighted by molar-refractivity contribution is 14.0. The fourth-order valence-corrected chi connectivity index (χ4v) is 3.49. The van der Waals surface area contributed by atoms with Crippen molar-refractivity contribution in [3.63, 3.8) is 0 Å². The number of likely N-dealkylation sites (tertiary alicyclic amines) is 1. The summed E-state index contributed by atoms with van der Waals surface area (Å²) in [6, 6.07) is 0. The van der Waals surface area contributed by atoms with Crippen LogP contribution in [0.15, 0.2) is 10.4 Å². The summed E-state index contributed by atoms with van der Waals surface area (Å²) >= 11 is 1.76. The number of aryl methyl sites for hydroxylation is 1. The van der Waals surface area contributed by atoms with Crippen LogP contribution in [0.4, 0.5) is 0 Å². The van der Waals surface area contributed by atoms with Gasteiger partial charge in [-0.1, -0.05) is 13.8 Å². The van der Waals surface area contributed by atoms with Gasteiger partial charge < -0.3 is 10.2 Å². The number of nitrogens with one attached hydrogen (secondary N) is 1. The SMILES string of the molecule is CCNC(=NCCc1csc(CC)n1)N1CCCC(C)C1.I. The van der Waals surface area contributed by atoms with E-state index in [1.165, 1.54) is 23.5 Å². The van der Waals surface area contributed by atoms with Crippen LogP contribution in [-0.2, 0) is 12.8 Å². The molecule has 1 atom stereocenters. The Kier molecular flexibility index (Phi) is 9.31. The summed E-state index contributed by atoms with van der Waals surface area (Å²) in [4.78, 5) is 11.8. The van der Waals surface area contributed by atoms with Crippen LogP contribution in [0.5, 0.6) is 0 Å². The lowest BCUT2D eigenvalue weighted by Crippen LogP contribution is -2.46. The minimum atomic E-state index is 0. The second kappa shape index (κ2) is 10.4. The van der Waals surface area contributed by atoms with E-state index in [9.17, 15) is 0 Å². The molecule has 1 aliphatic heterocycles. The molecule has 0 aromatic carbocycles. The van der Waals surface area contributed by atoms with Crippen molar-refractivity contribution in [1.82, 2.24) is 15.2 Å². The van der Waals surface area contributed by atoms with Gasteiger partial charge in [-0.3, -0.25) is 4.99 Å². The lowest BCUT2D eigenvalue weighted by molar-refractivity contribution is 0.266. The molecule has 1 saturated heterocycles. The Balaban J connectivity index is 0.00000242. The Morgan fingerprint density at radius 1 is 1.50 bits per heavy atom. The first-order valence-corrected chi connectivity index (χ1v) is 9.07. The Morgan fingerprint density at radius 3 is 2.95 bits per heavy atom. The van der Waals surface area contributed by atoms with E-state index in [2.05, 4.69) is 41.4 Å². The highest BCUT2D eigenvalue weighted by Gasteiger charge is 2.18. The molecular weight excluding hydrogens is 407 g/mol. The number of rotatable bonds is 5. The van der Waals surface area contributed by atoms with E-state index >= 15 is 0 Å². The van der Waals surface area contributed by atoms with Crippen LogP contribution in [0.2, 0.25) is 0 Å². The van der Waals surface area contributed by atoms with E-state index < -0.39 is 0 Å². The van der Waals surface area contributed by atoms with E-state index in [0.29, 0.717) is 0 Å². The molecule has 6 heteroatoms. The first-order valence-electron chi connectivity index (χ1n) is 8.19. The summed E-state index contributed by atoms with van der Waals surface area (Å²) in [6.07, 6.45) is 4.59. The Bertz CT molecular complexity index is 461. The van der Waals surface area contributed by atoms with Crippen LogP contribution in [0.25, 0.3) is 0 Å². The molecule has 1 aromatic rings. The normalized spacial score (nSPS) is 19.0. The topological polar surface area (TPSA) is 40.5 Å². The number of aromatic nitrogens is 1. The van der Waals surface area contributed by atoms with Crippen LogP contribution in [0.3, 0.4) is 0 Å². The predicted octanol–water partition coefficient (Wildman–Crippen LogP) is 3.56. The molecule has 1 N–H and O–H groups in total. The van der Waals surface area contributed by atoms with Crippen molar-refractivity contribution in [3.8, 4) is 0 Å². The summed E-state index contributed by atoms with van der Waals surface area (Å²) in [6.45, 7) is 10.6. The average molecular weight is 436 g/mol. The largest absolute Gasteiger partial charge is 0.357 e. The molecule has 0 spiro atoms. The van der Waals surface area contributed by atoms with Crippen LogP contribution < -0.4 is 5.32 Å². The molecule has 4 nitrogen and oxygen atoms in total. The zero-order valence-electron chi connectivity index (χ0n) is 14.0. The molecule has 0 bridgehead atoms. The van der Waals surface area contributed by atoms with Crippen LogP contribution in [0.1, 0.15) is 44.3 Å². The Morgan fingerprint density at radius 2 is 2.32 bits per heavy atom. The molecule has 1 fully saturated rings. The molecular formula is C16H29IN4S. The third-order valence-electron chi connectivity index (χ3n) is 3.82. The maximum Gasteiger partial charge on any atom is 0.193 e. The highest BCUT2D eigenvalue weighted by atomic mass is 127. The van der Waals surface area contributed by atoms with Gasteiger partial charge in [-0.05, 0) is 32.1 Å². The van der Waals surface area contributed by atoms with Gasteiger partial charge in [-0.2, -0.15) is 0 Å². The highest BCUT2D eigenvalue weighted by Crippen LogP contribution is 2.15. The zero-order chi connectivity index (χ0) is 15.1. The maximum absolute atomic E-state index is 4.80. The van der Waals surface area contributed by atoms with Crippen molar-refractivity contribution in [3.05, 3.63) is 16.1 Å². The molecule has 0 amide bonds. The van der Waals surface area contributed by atoms with E-state index in [1.807, 2.05) is 0 Å². The average Bonchev–Trinajstić information content (AvgIpc) is 2.94. The van der Waals surface area contributed by atoms with Crippen molar-refractivity contribution in [2.45, 2.75) is 46.5 Å². The molecule has 2 heterocycles. The van der Waals surface area contributed by atoms with E-state index in [-0.39, 0.29) is 24.0 Å². The standard InChI is InChI=1S/C16H28N4S.HI/c1-4-15-19-14(12-21-15)8-9-18-16(17-5-2)20-10-6-7-13(3)11-20;/h12-13H,4-11H2,1-3H3,(H,17,18);1H. The molecule has 1 aromatic heterocycles. The third kappa shape index (κ3) is 6.02. The van der Waals surface area contributed by atoms with E-state index in [4.69, 9.17) is 4.99 Å². The van der Waals surface area contributed by atoms with Crippen molar-refractivity contribution in [1.29, 1.82) is 0 Å². The lowest BCUT2D eigenvalue weighted by atomic mass is 10.0. The van der Waals surface area contributed by atoms with Crippen LogP contribution >= 0.6 is 35.3 Å². The number of hydrogen-bond acceptors (Lipinski definition) is 3.